The minimum atomic E-state index is -0.761. The first-order chi connectivity index (χ1) is 11.1. The van der Waals surface area contributed by atoms with Crippen molar-refractivity contribution in [3.63, 3.8) is 0 Å². The van der Waals surface area contributed by atoms with Crippen molar-refractivity contribution in [2.24, 2.45) is 0 Å². The first-order valence-electron chi connectivity index (χ1n) is 8.56. The Morgan fingerprint density at radius 2 is 1.40 bits per heavy atom. The molecule has 1 aromatic rings. The van der Waals surface area contributed by atoms with Crippen LogP contribution in [0.15, 0.2) is 17.0 Å². The number of carboxylic acid groups (broad SMARTS) is 1. The molecule has 0 saturated heterocycles. The average Bonchev–Trinajstić information content (AvgIpc) is 2.36. The van der Waals surface area contributed by atoms with E-state index in [1.54, 1.807) is 23.5 Å². The number of phenols is 1. The molecule has 142 valence electrons. The van der Waals surface area contributed by atoms with E-state index in [-0.39, 0.29) is 21.3 Å². The van der Waals surface area contributed by atoms with E-state index in [1.807, 2.05) is 0 Å². The van der Waals surface area contributed by atoms with Crippen LogP contribution >= 0.6 is 23.5 Å². The van der Waals surface area contributed by atoms with E-state index < -0.39 is 5.97 Å². The highest BCUT2D eigenvalue weighted by Crippen LogP contribution is 2.46. The van der Waals surface area contributed by atoms with Crippen molar-refractivity contribution in [2.75, 3.05) is 5.75 Å². The summed E-state index contributed by atoms with van der Waals surface area (Å²) in [7, 11) is 0. The van der Waals surface area contributed by atoms with Gasteiger partial charge in [-0.2, -0.15) is 0 Å². The lowest BCUT2D eigenvalue weighted by Gasteiger charge is -2.30. The fourth-order valence-electron chi connectivity index (χ4n) is 2.51. The van der Waals surface area contributed by atoms with Crippen molar-refractivity contribution in [1.82, 2.24) is 0 Å². The van der Waals surface area contributed by atoms with Gasteiger partial charge in [0.15, 0.2) is 0 Å². The monoisotopic (exact) mass is 384 g/mol. The van der Waals surface area contributed by atoms with Crippen LogP contribution in [0, 0.1) is 0 Å². The van der Waals surface area contributed by atoms with Gasteiger partial charge in [0.05, 0.1) is 10.5 Å². The molecule has 25 heavy (non-hydrogen) atoms. The summed E-state index contributed by atoms with van der Waals surface area (Å²) < 4.78 is -0.142. The molecule has 5 heteroatoms. The topological polar surface area (TPSA) is 57.5 Å². The molecule has 3 nitrogen and oxygen atoms in total. The minimum absolute atomic E-state index is 0.142. The molecule has 0 fully saturated rings. The highest BCUT2D eigenvalue weighted by atomic mass is 32.2. The third-order valence-corrected chi connectivity index (χ3v) is 6.50. The molecular weight excluding hydrogens is 352 g/mol. The zero-order chi connectivity index (χ0) is 19.6. The van der Waals surface area contributed by atoms with Crippen LogP contribution in [0.25, 0.3) is 0 Å². The molecule has 0 aliphatic carbocycles. The third-order valence-electron chi connectivity index (χ3n) is 3.83. The number of benzene rings is 1. The van der Waals surface area contributed by atoms with Gasteiger partial charge in [-0.1, -0.05) is 41.5 Å². The van der Waals surface area contributed by atoms with Crippen molar-refractivity contribution in [2.45, 2.75) is 81.6 Å². The molecule has 0 saturated carbocycles. The second kappa shape index (κ2) is 7.83. The van der Waals surface area contributed by atoms with Crippen molar-refractivity contribution >= 4 is 29.5 Å². The Labute approximate surface area is 161 Å². The normalized spacial score (nSPS) is 13.1. The van der Waals surface area contributed by atoms with Gasteiger partial charge in [0.2, 0.25) is 0 Å². The SMILES string of the molecule is CC(C)(SCCC(=O)O)Sc1cc(C(C)(C)C)c(O)c(C(C)(C)C)c1. The van der Waals surface area contributed by atoms with Gasteiger partial charge in [0.1, 0.15) is 5.75 Å². The van der Waals surface area contributed by atoms with Crippen LogP contribution in [0.1, 0.15) is 72.9 Å². The summed E-state index contributed by atoms with van der Waals surface area (Å²) in [6.07, 6.45) is 0.171. The van der Waals surface area contributed by atoms with E-state index in [9.17, 15) is 9.90 Å². The van der Waals surface area contributed by atoms with E-state index in [0.717, 1.165) is 16.0 Å². The Kier molecular flexibility index (Phi) is 6.96. The van der Waals surface area contributed by atoms with E-state index >= 15 is 0 Å². The summed E-state index contributed by atoms with van der Waals surface area (Å²) in [6.45, 7) is 16.9. The van der Waals surface area contributed by atoms with Crippen LogP contribution in [0.5, 0.6) is 5.75 Å². The van der Waals surface area contributed by atoms with Crippen molar-refractivity contribution in [3.8, 4) is 5.75 Å². The number of phenolic OH excluding ortho intramolecular Hbond substituents is 1. The number of carbonyl (C=O) groups is 1. The zero-order valence-corrected chi connectivity index (χ0v) is 18.3. The third kappa shape index (κ3) is 6.78. The zero-order valence-electron chi connectivity index (χ0n) is 16.7. The molecule has 2 N–H and O–H groups in total. The van der Waals surface area contributed by atoms with Gasteiger partial charge in [-0.25, -0.2) is 0 Å². The molecule has 0 aromatic heterocycles. The van der Waals surface area contributed by atoms with Crippen molar-refractivity contribution in [3.05, 3.63) is 23.3 Å². The maximum Gasteiger partial charge on any atom is 0.304 e. The average molecular weight is 385 g/mol. The van der Waals surface area contributed by atoms with Gasteiger partial charge >= 0.3 is 5.97 Å². The summed E-state index contributed by atoms with van der Waals surface area (Å²) in [5.41, 5.74) is 1.60. The molecule has 0 atom stereocenters. The number of rotatable bonds is 6. The molecule has 0 unspecified atom stereocenters. The Balaban J connectivity index is 3.21. The summed E-state index contributed by atoms with van der Waals surface area (Å²) in [5, 5.41) is 19.6. The van der Waals surface area contributed by atoms with E-state index in [0.29, 0.717) is 11.5 Å². The molecule has 0 spiro atoms. The van der Waals surface area contributed by atoms with Crippen LogP contribution in [-0.4, -0.2) is 26.0 Å². The van der Waals surface area contributed by atoms with Crippen LogP contribution in [0.2, 0.25) is 0 Å². The Hall–Kier alpha value is -0.810. The van der Waals surface area contributed by atoms with Gasteiger partial charge in [-0.15, -0.1) is 23.5 Å². The minimum Gasteiger partial charge on any atom is -0.507 e. The highest BCUT2D eigenvalue weighted by Gasteiger charge is 2.28. The fraction of sp³-hybridized carbons (Fsp3) is 0.650. The first kappa shape index (κ1) is 22.2. The van der Waals surface area contributed by atoms with E-state index in [4.69, 9.17) is 5.11 Å². The van der Waals surface area contributed by atoms with Crippen LogP contribution in [0.4, 0.5) is 0 Å². The van der Waals surface area contributed by atoms with Gasteiger partial charge in [-0.3, -0.25) is 4.79 Å². The fourth-order valence-corrected chi connectivity index (χ4v) is 4.97. The molecule has 0 aliphatic rings. The second-order valence-corrected chi connectivity index (χ2v) is 12.5. The van der Waals surface area contributed by atoms with E-state index in [1.165, 1.54) is 0 Å². The van der Waals surface area contributed by atoms with Gasteiger partial charge in [0, 0.05) is 21.8 Å². The summed E-state index contributed by atoms with van der Waals surface area (Å²) in [4.78, 5) is 11.9. The number of aromatic hydroxyl groups is 1. The second-order valence-electron chi connectivity index (χ2n) is 8.86. The van der Waals surface area contributed by atoms with Crippen molar-refractivity contribution < 1.29 is 15.0 Å². The van der Waals surface area contributed by atoms with E-state index in [2.05, 4.69) is 67.5 Å². The van der Waals surface area contributed by atoms with Crippen LogP contribution < -0.4 is 0 Å². The predicted octanol–water partition coefficient (Wildman–Crippen LogP) is 6.02. The molecule has 0 bridgehead atoms. The molecule has 0 radical (unpaired) electrons. The van der Waals surface area contributed by atoms with Crippen molar-refractivity contribution in [1.29, 1.82) is 0 Å². The number of aliphatic carboxylic acids is 1. The smallest absolute Gasteiger partial charge is 0.304 e. The summed E-state index contributed by atoms with van der Waals surface area (Å²) in [5.74, 6) is 0.217. The Morgan fingerprint density at radius 1 is 0.960 bits per heavy atom. The number of carboxylic acids is 1. The quantitative estimate of drug-likeness (QED) is 0.464. The Morgan fingerprint density at radius 3 is 1.76 bits per heavy atom. The number of hydrogen-bond acceptors (Lipinski definition) is 4. The molecule has 0 heterocycles. The molecule has 0 aliphatic heterocycles. The number of hydrogen-bond donors (Lipinski definition) is 2. The number of thioether (sulfide) groups is 2. The van der Waals surface area contributed by atoms with Gasteiger partial charge in [0.25, 0.3) is 0 Å². The van der Waals surface area contributed by atoms with Crippen LogP contribution in [-0.2, 0) is 15.6 Å². The highest BCUT2D eigenvalue weighted by molar-refractivity contribution is 8.18. The lowest BCUT2D eigenvalue weighted by molar-refractivity contribution is -0.136. The largest absolute Gasteiger partial charge is 0.507 e. The maximum atomic E-state index is 10.8. The molecule has 1 rings (SSSR count). The van der Waals surface area contributed by atoms with Gasteiger partial charge in [-0.05, 0) is 36.8 Å². The summed E-state index contributed by atoms with van der Waals surface area (Å²) in [6, 6.07) is 4.16. The van der Waals surface area contributed by atoms with Crippen LogP contribution in [0.3, 0.4) is 0 Å². The molecular formula is C20H32O3S2. The summed E-state index contributed by atoms with van der Waals surface area (Å²) >= 11 is 3.38. The van der Waals surface area contributed by atoms with Gasteiger partial charge < -0.3 is 10.2 Å². The standard InChI is InChI=1S/C20H32O3S2/c1-18(2,3)14-11-13(12-15(17(14)23)19(4,5)6)25-20(7,8)24-10-9-16(21)22/h11-12,23H,9-10H2,1-8H3,(H,21,22). The maximum absolute atomic E-state index is 10.8. The lowest BCUT2D eigenvalue weighted by Crippen LogP contribution is -2.18. The molecule has 0 amide bonds. The predicted molar refractivity (Wildman–Crippen MR) is 110 cm³/mol. The lowest BCUT2D eigenvalue weighted by atomic mass is 9.79. The first-order valence-corrected chi connectivity index (χ1v) is 10.4. The molecule has 1 aromatic carbocycles. The Bertz CT molecular complexity index is 588.